The van der Waals surface area contributed by atoms with E-state index in [-0.39, 0.29) is 11.2 Å². The second kappa shape index (κ2) is 6.95. The molecule has 2 N–H and O–H groups in total. The minimum absolute atomic E-state index is 0.00683. The van der Waals surface area contributed by atoms with Crippen molar-refractivity contribution in [3.05, 3.63) is 70.2 Å². The monoisotopic (exact) mass is 323 g/mol. The summed E-state index contributed by atoms with van der Waals surface area (Å²) in [7, 11) is 0. The Kier molecular flexibility index (Phi) is 4.56. The lowest BCUT2D eigenvalue weighted by Crippen LogP contribution is -2.29. The van der Waals surface area contributed by atoms with Crippen LogP contribution in [-0.2, 0) is 0 Å². The predicted octanol–water partition coefficient (Wildman–Crippen LogP) is 2.34. The number of aryl methyl sites for hydroxylation is 1. The summed E-state index contributed by atoms with van der Waals surface area (Å²) in [5.74, 6) is 0.339. The van der Waals surface area contributed by atoms with Gasteiger partial charge in [-0.25, -0.2) is 4.98 Å². The lowest BCUT2D eigenvalue weighted by atomic mass is 10.2. The maximum absolute atomic E-state index is 12.1. The Balaban J connectivity index is 1.60. The predicted molar refractivity (Wildman–Crippen MR) is 92.3 cm³/mol. The highest BCUT2D eigenvalue weighted by Gasteiger charge is 2.11. The number of fused-ring (bicyclic) bond motifs is 1. The van der Waals surface area contributed by atoms with E-state index in [0.29, 0.717) is 24.1 Å². The summed E-state index contributed by atoms with van der Waals surface area (Å²) in [5, 5.41) is 6.29. The van der Waals surface area contributed by atoms with Crippen molar-refractivity contribution in [1.82, 2.24) is 10.3 Å². The number of rotatable bonds is 5. The van der Waals surface area contributed by atoms with Gasteiger partial charge in [-0.05, 0) is 36.8 Å². The number of hydrogen-bond acceptors (Lipinski definition) is 5. The summed E-state index contributed by atoms with van der Waals surface area (Å²) in [4.78, 5) is 28.3. The first-order valence-electron chi connectivity index (χ1n) is 7.61. The van der Waals surface area contributed by atoms with E-state index in [1.54, 1.807) is 30.5 Å². The van der Waals surface area contributed by atoms with Crippen LogP contribution in [0.5, 0.6) is 0 Å². The third kappa shape index (κ3) is 3.60. The smallest absolute Gasteiger partial charge is 0.287 e. The van der Waals surface area contributed by atoms with Crippen molar-refractivity contribution in [2.75, 3.05) is 18.4 Å². The largest absolute Gasteiger partial charge is 0.451 e. The van der Waals surface area contributed by atoms with Crippen LogP contribution in [-0.4, -0.2) is 24.0 Å². The van der Waals surface area contributed by atoms with Gasteiger partial charge in [0.15, 0.2) is 11.2 Å². The van der Waals surface area contributed by atoms with Gasteiger partial charge < -0.3 is 15.1 Å². The van der Waals surface area contributed by atoms with Crippen LogP contribution in [0.4, 0.5) is 5.82 Å². The van der Waals surface area contributed by atoms with Gasteiger partial charge in [-0.1, -0.05) is 12.1 Å². The van der Waals surface area contributed by atoms with Gasteiger partial charge in [0.05, 0.1) is 5.39 Å². The molecular formula is C18H17N3O3. The number of para-hydroxylation sites is 1. The highest BCUT2D eigenvalue weighted by Crippen LogP contribution is 2.11. The molecule has 3 aromatic rings. The van der Waals surface area contributed by atoms with E-state index in [0.717, 1.165) is 11.4 Å². The molecule has 122 valence electrons. The van der Waals surface area contributed by atoms with Crippen molar-refractivity contribution in [2.45, 2.75) is 6.92 Å². The Morgan fingerprint density at radius 1 is 1.17 bits per heavy atom. The van der Waals surface area contributed by atoms with E-state index in [4.69, 9.17) is 4.42 Å². The molecule has 1 amide bonds. The molecule has 0 fully saturated rings. The lowest BCUT2D eigenvalue weighted by molar-refractivity contribution is 0.0928. The van der Waals surface area contributed by atoms with Gasteiger partial charge in [-0.3, -0.25) is 9.59 Å². The summed E-state index contributed by atoms with van der Waals surface area (Å²) in [6.07, 6.45) is 1.72. The number of anilines is 1. The van der Waals surface area contributed by atoms with E-state index in [1.807, 2.05) is 19.1 Å². The molecule has 0 unspecified atom stereocenters. The van der Waals surface area contributed by atoms with Gasteiger partial charge in [-0.2, -0.15) is 0 Å². The normalized spacial score (nSPS) is 10.5. The summed E-state index contributed by atoms with van der Waals surface area (Å²) < 4.78 is 5.49. The average molecular weight is 323 g/mol. The molecule has 24 heavy (non-hydrogen) atoms. The molecule has 0 spiro atoms. The number of aromatic nitrogens is 1. The number of pyridine rings is 1. The molecule has 0 aliphatic heterocycles. The summed E-state index contributed by atoms with van der Waals surface area (Å²) >= 11 is 0. The van der Waals surface area contributed by atoms with Crippen molar-refractivity contribution in [3.63, 3.8) is 0 Å². The van der Waals surface area contributed by atoms with E-state index in [1.165, 1.54) is 6.07 Å². The van der Waals surface area contributed by atoms with Gasteiger partial charge in [0, 0.05) is 25.4 Å². The van der Waals surface area contributed by atoms with Crippen LogP contribution in [0.3, 0.4) is 0 Å². The lowest BCUT2D eigenvalue weighted by Gasteiger charge is -2.08. The maximum atomic E-state index is 12.1. The zero-order valence-electron chi connectivity index (χ0n) is 13.2. The Hall–Kier alpha value is -3.15. The molecule has 1 aromatic carbocycles. The second-order valence-corrected chi connectivity index (χ2v) is 5.37. The van der Waals surface area contributed by atoms with Gasteiger partial charge in [-0.15, -0.1) is 0 Å². The summed E-state index contributed by atoms with van der Waals surface area (Å²) in [5.41, 5.74) is 1.27. The molecule has 6 nitrogen and oxygen atoms in total. The number of benzene rings is 1. The second-order valence-electron chi connectivity index (χ2n) is 5.37. The first-order valence-corrected chi connectivity index (χ1v) is 7.61. The number of nitrogens with one attached hydrogen (secondary N) is 2. The average Bonchev–Trinajstić information content (AvgIpc) is 2.58. The molecule has 0 aliphatic rings. The topological polar surface area (TPSA) is 84.2 Å². The fraction of sp³-hybridized carbons (Fsp3) is 0.167. The Bertz CT molecular complexity index is 934. The van der Waals surface area contributed by atoms with Crippen LogP contribution < -0.4 is 16.1 Å². The summed E-state index contributed by atoms with van der Waals surface area (Å²) in [6, 6.07) is 11.9. The standard InChI is InChI=1S/C18H17N3O3/c1-12-6-7-19-17(10-12)20-8-9-21-18(23)16-11-14(22)13-4-2-3-5-15(13)24-16/h2-7,10-11H,8-9H2,1H3,(H,19,20)(H,21,23). The van der Waals surface area contributed by atoms with E-state index < -0.39 is 5.91 Å². The molecule has 0 bridgehead atoms. The number of carbonyl (C=O) groups excluding carboxylic acids is 1. The van der Waals surface area contributed by atoms with E-state index in [9.17, 15) is 9.59 Å². The minimum Gasteiger partial charge on any atom is -0.451 e. The maximum Gasteiger partial charge on any atom is 0.287 e. The molecule has 2 aromatic heterocycles. The highest BCUT2D eigenvalue weighted by molar-refractivity contribution is 5.93. The van der Waals surface area contributed by atoms with Gasteiger partial charge >= 0.3 is 0 Å². The number of nitrogens with zero attached hydrogens (tertiary/aromatic N) is 1. The Labute approximate surface area is 138 Å². The van der Waals surface area contributed by atoms with Crippen LogP contribution in [0.25, 0.3) is 11.0 Å². The van der Waals surface area contributed by atoms with Crippen molar-refractivity contribution in [1.29, 1.82) is 0 Å². The zero-order chi connectivity index (χ0) is 16.9. The number of amides is 1. The fourth-order valence-corrected chi connectivity index (χ4v) is 2.30. The molecule has 0 aliphatic carbocycles. The molecule has 0 saturated carbocycles. The molecule has 3 rings (SSSR count). The molecule has 0 saturated heterocycles. The minimum atomic E-state index is -0.420. The van der Waals surface area contributed by atoms with Crippen LogP contribution in [0.2, 0.25) is 0 Å². The Morgan fingerprint density at radius 3 is 2.83 bits per heavy atom. The van der Waals surface area contributed by atoms with Crippen molar-refractivity contribution >= 4 is 22.7 Å². The summed E-state index contributed by atoms with van der Waals surface area (Å²) in [6.45, 7) is 2.88. The SMILES string of the molecule is Cc1ccnc(NCCNC(=O)c2cc(=O)c3ccccc3o2)c1. The van der Waals surface area contributed by atoms with E-state index >= 15 is 0 Å². The van der Waals surface area contributed by atoms with Crippen LogP contribution in [0.1, 0.15) is 16.1 Å². The van der Waals surface area contributed by atoms with Crippen LogP contribution >= 0.6 is 0 Å². The third-order valence-electron chi connectivity index (χ3n) is 3.49. The first-order chi connectivity index (χ1) is 11.6. The van der Waals surface area contributed by atoms with Crippen molar-refractivity contribution in [3.8, 4) is 0 Å². The van der Waals surface area contributed by atoms with Gasteiger partial charge in [0.1, 0.15) is 11.4 Å². The van der Waals surface area contributed by atoms with Gasteiger partial charge in [0.25, 0.3) is 5.91 Å². The molecule has 0 radical (unpaired) electrons. The van der Waals surface area contributed by atoms with Crippen molar-refractivity contribution in [2.24, 2.45) is 0 Å². The fourth-order valence-electron chi connectivity index (χ4n) is 2.30. The Morgan fingerprint density at radius 2 is 2.00 bits per heavy atom. The number of hydrogen-bond donors (Lipinski definition) is 2. The quantitative estimate of drug-likeness (QED) is 0.704. The molecular weight excluding hydrogens is 306 g/mol. The van der Waals surface area contributed by atoms with E-state index in [2.05, 4.69) is 15.6 Å². The van der Waals surface area contributed by atoms with Crippen LogP contribution in [0, 0.1) is 6.92 Å². The first kappa shape index (κ1) is 15.7. The van der Waals surface area contributed by atoms with Crippen LogP contribution in [0.15, 0.2) is 57.9 Å². The third-order valence-corrected chi connectivity index (χ3v) is 3.49. The molecule has 2 heterocycles. The zero-order valence-corrected chi connectivity index (χ0v) is 13.2. The number of carbonyl (C=O) groups is 1. The highest BCUT2D eigenvalue weighted by atomic mass is 16.3. The van der Waals surface area contributed by atoms with Crippen molar-refractivity contribution < 1.29 is 9.21 Å². The molecule has 6 heteroatoms. The van der Waals surface area contributed by atoms with Gasteiger partial charge in [0.2, 0.25) is 0 Å². The molecule has 0 atom stereocenters.